The molecule has 1 unspecified atom stereocenters. The van der Waals surface area contributed by atoms with Crippen molar-refractivity contribution in [2.75, 3.05) is 5.33 Å². The summed E-state index contributed by atoms with van der Waals surface area (Å²) in [5.41, 5.74) is 0. The Morgan fingerprint density at radius 1 is 1.57 bits per heavy atom. The minimum atomic E-state index is -0.681. The maximum Gasteiger partial charge on any atom is 0.134 e. The van der Waals surface area contributed by atoms with E-state index in [-0.39, 0.29) is 0 Å². The third-order valence-electron chi connectivity index (χ3n) is 0.449. The molecule has 1 atom stereocenters. The lowest BCUT2D eigenvalue weighted by molar-refractivity contribution is 0.215. The van der Waals surface area contributed by atoms with Gasteiger partial charge in [0.1, 0.15) is 4.84 Å². The van der Waals surface area contributed by atoms with Gasteiger partial charge in [-0.25, -0.2) is 0 Å². The maximum atomic E-state index is 8.62. The smallest absolute Gasteiger partial charge is 0.134 e. The fraction of sp³-hybridized carbons (Fsp3) is 1.00. The molecule has 0 radical (unpaired) electrons. The highest BCUT2D eigenvalue weighted by Gasteiger charge is 2.09. The second kappa shape index (κ2) is 3.96. The predicted molar refractivity (Wildman–Crippen MR) is 35.3 cm³/mol. The Balaban J connectivity index is 3.14. The van der Waals surface area contributed by atoms with Crippen molar-refractivity contribution in [3.63, 3.8) is 0 Å². The summed E-state index contributed by atoms with van der Waals surface area (Å²) in [5, 5.41) is 9.05. The topological polar surface area (TPSA) is 20.2 Å². The fourth-order valence-corrected chi connectivity index (χ4v) is 1.05. The van der Waals surface area contributed by atoms with Crippen molar-refractivity contribution in [2.24, 2.45) is 0 Å². The van der Waals surface area contributed by atoms with Crippen LogP contribution in [0.5, 0.6) is 0 Å². The highest BCUT2D eigenvalue weighted by molar-refractivity contribution is 9.09. The minimum absolute atomic E-state index is 0.421. The Labute approximate surface area is 60.7 Å². The van der Waals surface area contributed by atoms with Crippen molar-refractivity contribution in [3.8, 4) is 0 Å². The zero-order valence-electron chi connectivity index (χ0n) is 3.44. The second-order valence-corrected chi connectivity index (χ2v) is 2.87. The first-order valence-electron chi connectivity index (χ1n) is 1.70. The van der Waals surface area contributed by atoms with Crippen LogP contribution in [0.3, 0.4) is 0 Å². The van der Waals surface area contributed by atoms with E-state index in [4.69, 9.17) is 28.3 Å². The van der Waals surface area contributed by atoms with Gasteiger partial charge in [-0.15, -0.1) is 23.2 Å². The van der Waals surface area contributed by atoms with E-state index in [1.54, 1.807) is 0 Å². The number of aliphatic hydroxyl groups is 1. The van der Waals surface area contributed by atoms with E-state index < -0.39 is 10.9 Å². The van der Waals surface area contributed by atoms with Gasteiger partial charge in [0.25, 0.3) is 0 Å². The first-order chi connectivity index (χ1) is 3.18. The van der Waals surface area contributed by atoms with E-state index in [1.165, 1.54) is 0 Å². The number of halogens is 3. The molecule has 0 heterocycles. The summed E-state index contributed by atoms with van der Waals surface area (Å²) in [7, 11) is 0. The molecule has 0 aromatic rings. The molecule has 44 valence electrons. The van der Waals surface area contributed by atoms with Gasteiger partial charge in [0, 0.05) is 5.33 Å². The Bertz CT molecular complexity index is 50.2. The van der Waals surface area contributed by atoms with Crippen molar-refractivity contribution >= 4 is 39.1 Å². The first-order valence-corrected chi connectivity index (χ1v) is 3.70. The van der Waals surface area contributed by atoms with Gasteiger partial charge in [-0.05, 0) is 0 Å². The van der Waals surface area contributed by atoms with Crippen LogP contribution in [0, 0.1) is 0 Å². The Morgan fingerprint density at radius 2 is 2.00 bits per heavy atom. The SMILES string of the molecule is OC(CBr)C(Cl)Cl. The van der Waals surface area contributed by atoms with E-state index >= 15 is 0 Å². The standard InChI is InChI=1S/C3H5BrCl2O/c4-1-2(7)3(5)6/h2-3,7H,1H2. The molecule has 0 amide bonds. The molecule has 0 aliphatic rings. The Morgan fingerprint density at radius 3 is 2.00 bits per heavy atom. The molecular weight excluding hydrogens is 203 g/mol. The summed E-state index contributed by atoms with van der Waals surface area (Å²) in [5.74, 6) is 0. The van der Waals surface area contributed by atoms with Crippen LogP contribution in [0.15, 0.2) is 0 Å². The van der Waals surface area contributed by atoms with Crippen molar-refractivity contribution in [1.29, 1.82) is 0 Å². The zero-order chi connectivity index (χ0) is 5.86. The van der Waals surface area contributed by atoms with Gasteiger partial charge in [-0.3, -0.25) is 0 Å². The molecule has 0 aliphatic carbocycles. The summed E-state index contributed by atoms with van der Waals surface area (Å²) in [6.45, 7) is 0. The molecule has 0 fully saturated rings. The van der Waals surface area contributed by atoms with E-state index in [9.17, 15) is 0 Å². The van der Waals surface area contributed by atoms with E-state index in [0.29, 0.717) is 5.33 Å². The quantitative estimate of drug-likeness (QED) is 0.682. The molecule has 0 aromatic heterocycles. The van der Waals surface area contributed by atoms with Gasteiger partial charge >= 0.3 is 0 Å². The third-order valence-corrected chi connectivity index (χ3v) is 1.69. The molecule has 0 aromatic carbocycles. The van der Waals surface area contributed by atoms with Crippen LogP contribution in [0.25, 0.3) is 0 Å². The van der Waals surface area contributed by atoms with Crippen LogP contribution in [-0.2, 0) is 0 Å². The summed E-state index contributed by atoms with van der Waals surface area (Å²) >= 11 is 13.4. The molecule has 1 N–H and O–H groups in total. The average Bonchev–Trinajstić information content (AvgIpc) is 1.65. The third kappa shape index (κ3) is 3.59. The summed E-state index contributed by atoms with van der Waals surface area (Å²) < 4.78 is 0. The Kier molecular flexibility index (Phi) is 4.53. The minimum Gasteiger partial charge on any atom is -0.389 e. The largest absolute Gasteiger partial charge is 0.389 e. The number of alkyl halides is 3. The number of hydrogen-bond donors (Lipinski definition) is 1. The van der Waals surface area contributed by atoms with Gasteiger partial charge in [-0.1, -0.05) is 15.9 Å². The fourth-order valence-electron chi connectivity index (χ4n) is 0.0673. The molecule has 0 spiro atoms. The number of rotatable bonds is 2. The molecule has 0 bridgehead atoms. The van der Waals surface area contributed by atoms with Crippen LogP contribution >= 0.6 is 39.1 Å². The van der Waals surface area contributed by atoms with Crippen LogP contribution in [0.1, 0.15) is 0 Å². The molecule has 7 heavy (non-hydrogen) atoms. The lowest BCUT2D eigenvalue weighted by atomic mass is 10.5. The molecule has 0 rings (SSSR count). The van der Waals surface area contributed by atoms with Crippen molar-refractivity contribution in [2.45, 2.75) is 10.9 Å². The van der Waals surface area contributed by atoms with Crippen LogP contribution in [-0.4, -0.2) is 21.4 Å². The molecule has 4 heteroatoms. The van der Waals surface area contributed by atoms with Gasteiger partial charge in [-0.2, -0.15) is 0 Å². The van der Waals surface area contributed by atoms with Crippen LogP contribution < -0.4 is 0 Å². The van der Waals surface area contributed by atoms with Crippen molar-refractivity contribution in [3.05, 3.63) is 0 Å². The number of hydrogen-bond acceptors (Lipinski definition) is 1. The lowest BCUT2D eigenvalue weighted by Gasteiger charge is -2.04. The van der Waals surface area contributed by atoms with Gasteiger partial charge < -0.3 is 5.11 Å². The molecular formula is C3H5BrCl2O. The monoisotopic (exact) mass is 206 g/mol. The average molecular weight is 208 g/mol. The highest BCUT2D eigenvalue weighted by atomic mass is 79.9. The molecule has 1 nitrogen and oxygen atoms in total. The summed E-state index contributed by atoms with van der Waals surface area (Å²) in [6, 6.07) is 0. The van der Waals surface area contributed by atoms with E-state index in [1.807, 2.05) is 0 Å². The Hall–Kier alpha value is 1.02. The maximum absolute atomic E-state index is 8.62. The summed E-state index contributed by atoms with van der Waals surface area (Å²) in [4.78, 5) is -0.681. The molecule has 0 aliphatic heterocycles. The van der Waals surface area contributed by atoms with Crippen molar-refractivity contribution in [1.82, 2.24) is 0 Å². The predicted octanol–water partition coefficient (Wildman–Crippen LogP) is 1.55. The van der Waals surface area contributed by atoms with E-state index in [2.05, 4.69) is 15.9 Å². The van der Waals surface area contributed by atoms with Gasteiger partial charge in [0.05, 0.1) is 6.10 Å². The van der Waals surface area contributed by atoms with Gasteiger partial charge in [0.15, 0.2) is 0 Å². The van der Waals surface area contributed by atoms with Crippen molar-refractivity contribution < 1.29 is 5.11 Å². The highest BCUT2D eigenvalue weighted by Crippen LogP contribution is 2.08. The number of aliphatic hydroxyl groups excluding tert-OH is 1. The zero-order valence-corrected chi connectivity index (χ0v) is 6.54. The van der Waals surface area contributed by atoms with Crippen LogP contribution in [0.4, 0.5) is 0 Å². The second-order valence-electron chi connectivity index (χ2n) is 1.06. The normalized spacial score (nSPS) is 15.0. The van der Waals surface area contributed by atoms with E-state index in [0.717, 1.165) is 0 Å². The van der Waals surface area contributed by atoms with Gasteiger partial charge in [0.2, 0.25) is 0 Å². The summed E-state index contributed by atoms with van der Waals surface area (Å²) in [6.07, 6.45) is -0.650. The lowest BCUT2D eigenvalue weighted by Crippen LogP contribution is -2.16. The molecule has 0 saturated carbocycles. The molecule has 0 saturated heterocycles. The van der Waals surface area contributed by atoms with Crippen LogP contribution in [0.2, 0.25) is 0 Å². The first kappa shape index (κ1) is 8.02.